The molecule has 0 radical (unpaired) electrons. The number of rotatable bonds is 6. The summed E-state index contributed by atoms with van der Waals surface area (Å²) in [6, 6.07) is 12.4. The second kappa shape index (κ2) is 12.0. The van der Waals surface area contributed by atoms with Crippen LogP contribution in [0.3, 0.4) is 0 Å². The number of benzene rings is 1. The van der Waals surface area contributed by atoms with E-state index in [1.807, 2.05) is 51.1 Å². The molecule has 1 aliphatic rings. The van der Waals surface area contributed by atoms with Crippen molar-refractivity contribution in [2.75, 3.05) is 0 Å². The number of nitriles is 1. The molecule has 1 aromatic carbocycles. The Morgan fingerprint density at radius 1 is 1.18 bits per heavy atom. The van der Waals surface area contributed by atoms with Crippen molar-refractivity contribution in [3.8, 4) is 18.9 Å². The van der Waals surface area contributed by atoms with Gasteiger partial charge in [-0.3, -0.25) is 0 Å². The van der Waals surface area contributed by atoms with Crippen molar-refractivity contribution in [2.24, 2.45) is 0 Å². The van der Waals surface area contributed by atoms with Gasteiger partial charge in [-0.2, -0.15) is 5.26 Å². The lowest BCUT2D eigenvalue weighted by Gasteiger charge is -2.14. The van der Waals surface area contributed by atoms with Crippen LogP contribution < -0.4 is 5.32 Å². The Kier molecular flexibility index (Phi) is 9.66. The van der Waals surface area contributed by atoms with Crippen LogP contribution in [0.4, 0.5) is 0 Å². The molecule has 0 bridgehead atoms. The maximum atomic E-state index is 9.44. The Labute approximate surface area is 170 Å². The Morgan fingerprint density at radius 2 is 1.86 bits per heavy atom. The molecule has 0 aromatic heterocycles. The average molecular weight is 369 g/mol. The second-order valence-corrected chi connectivity index (χ2v) is 6.37. The molecule has 142 valence electrons. The van der Waals surface area contributed by atoms with Crippen molar-refractivity contribution in [3.05, 3.63) is 100.0 Å². The fraction of sp³-hybridized carbons (Fsp3) is 0.192. The molecule has 1 N–H and O–H groups in total. The summed E-state index contributed by atoms with van der Waals surface area (Å²) in [5, 5.41) is 12.9. The molecule has 0 saturated heterocycles. The summed E-state index contributed by atoms with van der Waals surface area (Å²) in [4.78, 5) is 0. The standard InChI is InChI=1S/C24H26N2.C2H2/c1-5-22(15-14-21-11-7-6-8-12-21)24(19(3)17-25)26-20(4)16-23-13-9-10-18(23)2;1-2/h5-12,14-16,26H,13H2,1-4H3;1-2H/b15-14+,20-16+,22-5-,24-19-;. The van der Waals surface area contributed by atoms with Gasteiger partial charge >= 0.3 is 0 Å². The first-order valence-electron chi connectivity index (χ1n) is 9.21. The zero-order valence-corrected chi connectivity index (χ0v) is 17.2. The van der Waals surface area contributed by atoms with Gasteiger partial charge in [0.05, 0.1) is 17.3 Å². The van der Waals surface area contributed by atoms with Crippen LogP contribution in [0.15, 0.2) is 94.4 Å². The third-order valence-electron chi connectivity index (χ3n) is 4.32. The maximum Gasteiger partial charge on any atom is 0.0966 e. The van der Waals surface area contributed by atoms with Gasteiger partial charge in [0.15, 0.2) is 0 Å². The highest BCUT2D eigenvalue weighted by Crippen LogP contribution is 2.22. The van der Waals surface area contributed by atoms with Gasteiger partial charge in [-0.05, 0) is 62.5 Å². The van der Waals surface area contributed by atoms with E-state index in [0.29, 0.717) is 5.57 Å². The van der Waals surface area contributed by atoms with E-state index in [0.717, 1.165) is 29.0 Å². The van der Waals surface area contributed by atoms with Gasteiger partial charge in [0.2, 0.25) is 0 Å². The molecule has 0 saturated carbocycles. The Morgan fingerprint density at radius 3 is 2.39 bits per heavy atom. The smallest absolute Gasteiger partial charge is 0.0966 e. The molecule has 0 amide bonds. The highest BCUT2D eigenvalue weighted by Gasteiger charge is 2.08. The monoisotopic (exact) mass is 368 g/mol. The fourth-order valence-electron chi connectivity index (χ4n) is 2.81. The number of hydrogen-bond acceptors (Lipinski definition) is 2. The highest BCUT2D eigenvalue weighted by atomic mass is 14.9. The van der Waals surface area contributed by atoms with Crippen molar-refractivity contribution >= 4 is 6.08 Å². The minimum atomic E-state index is 0.666. The minimum absolute atomic E-state index is 0.666. The summed E-state index contributed by atoms with van der Waals surface area (Å²) in [7, 11) is 0. The third-order valence-corrected chi connectivity index (χ3v) is 4.32. The lowest BCUT2D eigenvalue weighted by molar-refractivity contribution is 0.965. The molecule has 0 aliphatic heterocycles. The molecule has 0 unspecified atom stereocenters. The molecule has 0 heterocycles. The molecule has 0 atom stereocenters. The zero-order valence-electron chi connectivity index (χ0n) is 17.2. The van der Waals surface area contributed by atoms with E-state index in [-0.39, 0.29) is 0 Å². The number of nitrogens with zero attached hydrogens (tertiary/aromatic N) is 1. The Hall–Kier alpha value is -3.49. The van der Waals surface area contributed by atoms with E-state index in [2.05, 4.69) is 67.6 Å². The molecule has 1 aromatic rings. The van der Waals surface area contributed by atoms with E-state index < -0.39 is 0 Å². The van der Waals surface area contributed by atoms with Crippen molar-refractivity contribution < 1.29 is 0 Å². The largest absolute Gasteiger partial charge is 0.358 e. The van der Waals surface area contributed by atoms with E-state index in [1.54, 1.807) is 0 Å². The molecule has 2 nitrogen and oxygen atoms in total. The molecule has 2 heteroatoms. The van der Waals surface area contributed by atoms with Crippen LogP contribution in [0.2, 0.25) is 0 Å². The minimum Gasteiger partial charge on any atom is -0.358 e. The molecule has 0 spiro atoms. The summed E-state index contributed by atoms with van der Waals surface area (Å²) >= 11 is 0. The van der Waals surface area contributed by atoms with Crippen molar-refractivity contribution in [2.45, 2.75) is 34.1 Å². The SMILES string of the molecule is C#C.C/C=C(/C=C/c1ccccc1)C(\N/C(C)=C/C1=C(C)C=CC1)=C(/C)C#N. The first kappa shape index (κ1) is 22.6. The Bertz CT molecular complexity index is 908. The number of hydrogen-bond donors (Lipinski definition) is 1. The van der Waals surface area contributed by atoms with Gasteiger partial charge in [-0.1, -0.05) is 60.7 Å². The lowest BCUT2D eigenvalue weighted by Crippen LogP contribution is -2.14. The summed E-state index contributed by atoms with van der Waals surface area (Å²) in [6.45, 7) is 8.00. The average Bonchev–Trinajstić information content (AvgIpc) is 3.13. The second-order valence-electron chi connectivity index (χ2n) is 6.37. The van der Waals surface area contributed by atoms with E-state index in [9.17, 15) is 5.26 Å². The van der Waals surface area contributed by atoms with Crippen LogP contribution in [0.5, 0.6) is 0 Å². The van der Waals surface area contributed by atoms with Crippen LogP contribution in [0, 0.1) is 24.2 Å². The normalized spacial score (nSPS) is 15.0. The van der Waals surface area contributed by atoms with Crippen molar-refractivity contribution in [3.63, 3.8) is 0 Å². The maximum absolute atomic E-state index is 9.44. The first-order valence-corrected chi connectivity index (χ1v) is 9.21. The van der Waals surface area contributed by atoms with Crippen LogP contribution in [0.25, 0.3) is 6.08 Å². The van der Waals surface area contributed by atoms with Crippen LogP contribution in [-0.2, 0) is 0 Å². The number of allylic oxidation sites excluding steroid dienone is 9. The summed E-state index contributed by atoms with van der Waals surface area (Å²) in [5.74, 6) is 0. The highest BCUT2D eigenvalue weighted by molar-refractivity contribution is 5.58. The van der Waals surface area contributed by atoms with Gasteiger partial charge in [-0.25, -0.2) is 0 Å². The van der Waals surface area contributed by atoms with Gasteiger partial charge < -0.3 is 5.32 Å². The molecule has 28 heavy (non-hydrogen) atoms. The molecule has 1 aliphatic carbocycles. The van der Waals surface area contributed by atoms with E-state index in [1.165, 1.54) is 11.1 Å². The van der Waals surface area contributed by atoms with Crippen LogP contribution in [0.1, 0.15) is 39.7 Å². The molecule has 0 fully saturated rings. The zero-order chi connectivity index (χ0) is 20.9. The quantitative estimate of drug-likeness (QED) is 0.355. The topological polar surface area (TPSA) is 35.8 Å². The predicted octanol–water partition coefficient (Wildman–Crippen LogP) is 6.46. The number of nitrogens with one attached hydrogen (secondary N) is 1. The van der Waals surface area contributed by atoms with Gasteiger partial charge in [0.25, 0.3) is 0 Å². The number of terminal acetylenes is 1. The van der Waals surface area contributed by atoms with Gasteiger partial charge in [0.1, 0.15) is 0 Å². The molecular formula is C26H28N2. The van der Waals surface area contributed by atoms with Crippen LogP contribution in [-0.4, -0.2) is 0 Å². The Balaban J connectivity index is 0.00000190. The summed E-state index contributed by atoms with van der Waals surface area (Å²) in [6.07, 6.45) is 21.6. The first-order chi connectivity index (χ1) is 13.5. The molecule has 2 rings (SSSR count). The van der Waals surface area contributed by atoms with Gasteiger partial charge in [-0.15, -0.1) is 12.8 Å². The molecular weight excluding hydrogens is 340 g/mol. The van der Waals surface area contributed by atoms with Gasteiger partial charge in [0, 0.05) is 5.70 Å². The van der Waals surface area contributed by atoms with Crippen molar-refractivity contribution in [1.82, 2.24) is 5.32 Å². The fourth-order valence-corrected chi connectivity index (χ4v) is 2.81. The summed E-state index contributed by atoms with van der Waals surface area (Å²) < 4.78 is 0. The predicted molar refractivity (Wildman–Crippen MR) is 121 cm³/mol. The van der Waals surface area contributed by atoms with E-state index in [4.69, 9.17) is 0 Å². The van der Waals surface area contributed by atoms with E-state index >= 15 is 0 Å². The third kappa shape index (κ3) is 6.67. The van der Waals surface area contributed by atoms with Crippen molar-refractivity contribution in [1.29, 1.82) is 5.26 Å². The summed E-state index contributed by atoms with van der Waals surface area (Å²) in [5.41, 5.74) is 7.27. The lowest BCUT2D eigenvalue weighted by atomic mass is 10.0. The van der Waals surface area contributed by atoms with Crippen LogP contribution >= 0.6 is 0 Å².